The molecule has 3 rings (SSSR count). The first-order valence-electron chi connectivity index (χ1n) is 5.86. The number of carboxylic acid groups (broad SMARTS) is 1. The van der Waals surface area contributed by atoms with E-state index in [1.165, 1.54) is 11.3 Å². The van der Waals surface area contributed by atoms with Gasteiger partial charge in [-0.1, -0.05) is 41.7 Å². The van der Waals surface area contributed by atoms with Crippen LogP contribution in [0.25, 0.3) is 16.2 Å². The molecule has 4 nitrogen and oxygen atoms in total. The number of carbonyl (C=O) groups is 1. The highest BCUT2D eigenvalue weighted by atomic mass is 32.1. The summed E-state index contributed by atoms with van der Waals surface area (Å²) in [5.41, 5.74) is 3.52. The molecule has 0 unspecified atom stereocenters. The van der Waals surface area contributed by atoms with E-state index in [1.807, 2.05) is 48.6 Å². The monoisotopic (exact) mass is 272 g/mol. The van der Waals surface area contributed by atoms with Gasteiger partial charge >= 0.3 is 5.97 Å². The summed E-state index contributed by atoms with van der Waals surface area (Å²) in [7, 11) is 0. The third-order valence-electron chi connectivity index (χ3n) is 3.19. The molecule has 0 aliphatic rings. The molecule has 0 atom stereocenters. The van der Waals surface area contributed by atoms with Crippen LogP contribution in [-0.2, 0) is 0 Å². The molecule has 0 aliphatic carbocycles. The summed E-state index contributed by atoms with van der Waals surface area (Å²) in [6.45, 7) is 3.89. The molecule has 2 heterocycles. The number of carboxylic acids is 1. The topological polar surface area (TPSA) is 54.6 Å². The van der Waals surface area contributed by atoms with Gasteiger partial charge in [0.05, 0.1) is 11.4 Å². The molecule has 0 aliphatic heterocycles. The van der Waals surface area contributed by atoms with Crippen LogP contribution in [0.1, 0.15) is 21.1 Å². The molecule has 0 bridgehead atoms. The number of imidazole rings is 1. The van der Waals surface area contributed by atoms with Gasteiger partial charge in [0, 0.05) is 11.3 Å². The largest absolute Gasteiger partial charge is 0.477 e. The lowest BCUT2D eigenvalue weighted by atomic mass is 10.1. The molecule has 0 saturated carbocycles. The lowest BCUT2D eigenvalue weighted by molar-refractivity contribution is 0.0702. The summed E-state index contributed by atoms with van der Waals surface area (Å²) >= 11 is 1.21. The lowest BCUT2D eigenvalue weighted by Gasteiger charge is -2.04. The first kappa shape index (κ1) is 11.9. The minimum Gasteiger partial charge on any atom is -0.477 e. The van der Waals surface area contributed by atoms with E-state index in [2.05, 4.69) is 4.98 Å². The molecule has 0 amide bonds. The van der Waals surface area contributed by atoms with Crippen LogP contribution in [0.4, 0.5) is 0 Å². The van der Waals surface area contributed by atoms with Gasteiger partial charge < -0.3 is 5.11 Å². The van der Waals surface area contributed by atoms with Crippen LogP contribution in [0.2, 0.25) is 0 Å². The Kier molecular flexibility index (Phi) is 2.64. The highest BCUT2D eigenvalue weighted by molar-refractivity contribution is 7.19. The Morgan fingerprint density at radius 3 is 2.58 bits per heavy atom. The first-order valence-corrected chi connectivity index (χ1v) is 6.68. The van der Waals surface area contributed by atoms with Crippen molar-refractivity contribution in [1.29, 1.82) is 0 Å². The fourth-order valence-electron chi connectivity index (χ4n) is 2.15. The Labute approximate surface area is 114 Å². The fraction of sp³-hybridized carbons (Fsp3) is 0.143. The molecule has 5 heteroatoms. The number of hydrogen-bond donors (Lipinski definition) is 1. The number of thiazole rings is 1. The van der Waals surface area contributed by atoms with Crippen molar-refractivity contribution in [3.8, 4) is 11.3 Å². The van der Waals surface area contributed by atoms with Gasteiger partial charge in [-0.2, -0.15) is 0 Å². The third-order valence-corrected chi connectivity index (χ3v) is 4.22. The SMILES string of the molecule is Cc1nc2sc(C(=O)O)c(-c3ccccc3)n2c1C. The Morgan fingerprint density at radius 1 is 1.26 bits per heavy atom. The summed E-state index contributed by atoms with van der Waals surface area (Å²) < 4.78 is 1.93. The molecule has 1 aromatic carbocycles. The highest BCUT2D eigenvalue weighted by Crippen LogP contribution is 2.33. The molecule has 3 aromatic rings. The normalized spacial score (nSPS) is 11.1. The minimum atomic E-state index is -0.911. The van der Waals surface area contributed by atoms with Crippen molar-refractivity contribution in [3.05, 3.63) is 46.6 Å². The van der Waals surface area contributed by atoms with Gasteiger partial charge in [0.25, 0.3) is 0 Å². The maximum atomic E-state index is 11.4. The average molecular weight is 272 g/mol. The lowest BCUT2D eigenvalue weighted by Crippen LogP contribution is -1.99. The zero-order valence-electron chi connectivity index (χ0n) is 10.5. The zero-order valence-corrected chi connectivity index (χ0v) is 11.4. The predicted octanol–water partition coefficient (Wildman–Crippen LogP) is 3.38. The maximum Gasteiger partial charge on any atom is 0.348 e. The number of aromatic carboxylic acids is 1. The van der Waals surface area contributed by atoms with Gasteiger partial charge in [0.2, 0.25) is 0 Å². The van der Waals surface area contributed by atoms with Gasteiger partial charge in [-0.15, -0.1) is 0 Å². The molecule has 0 spiro atoms. The molecule has 0 fully saturated rings. The van der Waals surface area contributed by atoms with Crippen molar-refractivity contribution in [2.24, 2.45) is 0 Å². The van der Waals surface area contributed by atoms with E-state index in [0.717, 1.165) is 21.9 Å². The number of aromatic nitrogens is 2. The van der Waals surface area contributed by atoms with Crippen molar-refractivity contribution in [2.45, 2.75) is 13.8 Å². The second-order valence-corrected chi connectivity index (χ2v) is 5.33. The van der Waals surface area contributed by atoms with E-state index in [0.29, 0.717) is 10.6 Å². The number of fused-ring (bicyclic) bond motifs is 1. The van der Waals surface area contributed by atoms with Crippen LogP contribution < -0.4 is 0 Å². The van der Waals surface area contributed by atoms with Gasteiger partial charge in [0.1, 0.15) is 4.88 Å². The van der Waals surface area contributed by atoms with Gasteiger partial charge in [-0.05, 0) is 13.8 Å². The molecular formula is C14H12N2O2S. The summed E-state index contributed by atoms with van der Waals surface area (Å²) in [4.78, 5) is 16.9. The van der Waals surface area contributed by atoms with E-state index < -0.39 is 5.97 Å². The minimum absolute atomic E-state index is 0.330. The Morgan fingerprint density at radius 2 is 1.95 bits per heavy atom. The van der Waals surface area contributed by atoms with Crippen LogP contribution in [0.3, 0.4) is 0 Å². The summed E-state index contributed by atoms with van der Waals surface area (Å²) in [6.07, 6.45) is 0. The van der Waals surface area contributed by atoms with E-state index >= 15 is 0 Å². The smallest absolute Gasteiger partial charge is 0.348 e. The Hall–Kier alpha value is -2.14. The van der Waals surface area contributed by atoms with Gasteiger partial charge in [-0.3, -0.25) is 4.40 Å². The number of nitrogens with zero attached hydrogens (tertiary/aromatic N) is 2. The van der Waals surface area contributed by atoms with Crippen LogP contribution >= 0.6 is 11.3 Å². The number of aryl methyl sites for hydroxylation is 2. The number of benzene rings is 1. The summed E-state index contributed by atoms with van der Waals surface area (Å²) in [5.74, 6) is -0.911. The average Bonchev–Trinajstić information content (AvgIpc) is 2.89. The van der Waals surface area contributed by atoms with Gasteiger partial charge in [0.15, 0.2) is 4.96 Å². The number of rotatable bonds is 2. The summed E-state index contributed by atoms with van der Waals surface area (Å²) in [5, 5.41) is 9.38. The van der Waals surface area contributed by atoms with Crippen LogP contribution in [0.5, 0.6) is 0 Å². The summed E-state index contributed by atoms with van der Waals surface area (Å²) in [6, 6.07) is 9.57. The molecule has 1 N–H and O–H groups in total. The third kappa shape index (κ3) is 1.74. The first-order chi connectivity index (χ1) is 9.09. The van der Waals surface area contributed by atoms with Gasteiger partial charge in [-0.25, -0.2) is 9.78 Å². The molecule has 19 heavy (non-hydrogen) atoms. The molecule has 0 radical (unpaired) electrons. The van der Waals surface area contributed by atoms with Crippen molar-refractivity contribution in [1.82, 2.24) is 9.38 Å². The predicted molar refractivity (Wildman–Crippen MR) is 74.9 cm³/mol. The zero-order chi connectivity index (χ0) is 13.6. The standard InChI is InChI=1S/C14H12N2O2S/c1-8-9(2)16-11(10-6-4-3-5-7-10)12(13(17)18)19-14(16)15-8/h3-7H,1-2H3,(H,17,18). The maximum absolute atomic E-state index is 11.4. The van der Waals surface area contributed by atoms with E-state index in [1.54, 1.807) is 0 Å². The molecule has 0 saturated heterocycles. The second kappa shape index (κ2) is 4.20. The molecule has 2 aromatic heterocycles. The quantitative estimate of drug-likeness (QED) is 0.778. The van der Waals surface area contributed by atoms with Crippen LogP contribution in [0.15, 0.2) is 30.3 Å². The van der Waals surface area contributed by atoms with E-state index in [-0.39, 0.29) is 0 Å². The van der Waals surface area contributed by atoms with Crippen molar-refractivity contribution < 1.29 is 9.90 Å². The fourth-order valence-corrected chi connectivity index (χ4v) is 3.23. The van der Waals surface area contributed by atoms with E-state index in [9.17, 15) is 9.90 Å². The second-order valence-electron chi connectivity index (χ2n) is 4.35. The van der Waals surface area contributed by atoms with Crippen molar-refractivity contribution in [2.75, 3.05) is 0 Å². The van der Waals surface area contributed by atoms with Crippen molar-refractivity contribution in [3.63, 3.8) is 0 Å². The van der Waals surface area contributed by atoms with Crippen LogP contribution in [-0.4, -0.2) is 20.5 Å². The number of hydrogen-bond acceptors (Lipinski definition) is 3. The highest BCUT2D eigenvalue weighted by Gasteiger charge is 2.22. The Balaban J connectivity index is 2.42. The van der Waals surface area contributed by atoms with Crippen LogP contribution in [0, 0.1) is 13.8 Å². The Bertz CT molecular complexity index is 772. The van der Waals surface area contributed by atoms with E-state index in [4.69, 9.17) is 0 Å². The molecule has 96 valence electrons. The van der Waals surface area contributed by atoms with Crippen molar-refractivity contribution >= 4 is 22.3 Å². The molecular weight excluding hydrogens is 260 g/mol.